The molecule has 2 aromatic rings. The van der Waals surface area contributed by atoms with Gasteiger partial charge in [0.25, 0.3) is 5.91 Å². The predicted molar refractivity (Wildman–Crippen MR) is 122 cm³/mol. The summed E-state index contributed by atoms with van der Waals surface area (Å²) >= 11 is 0. The number of aryl methyl sites for hydroxylation is 1. The first-order valence-corrected chi connectivity index (χ1v) is 11.6. The summed E-state index contributed by atoms with van der Waals surface area (Å²) in [6.07, 6.45) is 13.6. The minimum absolute atomic E-state index is 0.292. The van der Waals surface area contributed by atoms with Gasteiger partial charge in [-0.05, 0) is 45.1 Å². The largest absolute Gasteiger partial charge is 0.366 e. The zero-order valence-corrected chi connectivity index (χ0v) is 18.6. The van der Waals surface area contributed by atoms with E-state index in [9.17, 15) is 4.79 Å². The third-order valence-corrected chi connectivity index (χ3v) is 6.60. The fourth-order valence-corrected chi connectivity index (χ4v) is 5.08. The zero-order valence-electron chi connectivity index (χ0n) is 18.6. The second kappa shape index (κ2) is 10.1. The molecule has 1 aromatic carbocycles. The Balaban J connectivity index is 2.15. The predicted octanol–water partition coefficient (Wildman–Crippen LogP) is 6.89. The lowest BCUT2D eigenvalue weighted by atomic mass is 9.95. The fraction of sp³-hybridized carbons (Fsp3) is 0.577. The molecule has 0 aliphatic heterocycles. The Kier molecular flexibility index (Phi) is 7.57. The number of unbranched alkanes of at least 4 members (excludes halogenated alkanes) is 2. The lowest BCUT2D eigenvalue weighted by molar-refractivity contribution is 0.1000. The van der Waals surface area contributed by atoms with Gasteiger partial charge in [-0.2, -0.15) is 0 Å². The van der Waals surface area contributed by atoms with Crippen LogP contribution in [0.4, 0.5) is 0 Å². The van der Waals surface area contributed by atoms with E-state index in [1.165, 1.54) is 69.0 Å². The van der Waals surface area contributed by atoms with Crippen LogP contribution in [-0.4, -0.2) is 10.5 Å². The first kappa shape index (κ1) is 21.7. The molecule has 0 radical (unpaired) electrons. The standard InChI is InChI=1S/C26H38N2O/c1-4-5-9-14-23-25(21-17-15-19(2)16-18-21)24(26(27)29)20(3)28(23)22-12-10-7-6-8-11-13-22/h15-18,22H,4-14H2,1-3H3,(H2,27,29). The average molecular weight is 395 g/mol. The van der Waals surface area contributed by atoms with Crippen molar-refractivity contribution in [2.24, 2.45) is 5.73 Å². The molecule has 0 bridgehead atoms. The van der Waals surface area contributed by atoms with Crippen LogP contribution in [0.2, 0.25) is 0 Å². The van der Waals surface area contributed by atoms with E-state index in [4.69, 9.17) is 5.73 Å². The third-order valence-electron chi connectivity index (χ3n) is 6.60. The number of aromatic nitrogens is 1. The van der Waals surface area contributed by atoms with Crippen molar-refractivity contribution < 1.29 is 4.79 Å². The highest BCUT2D eigenvalue weighted by atomic mass is 16.1. The second-order valence-corrected chi connectivity index (χ2v) is 8.84. The Hall–Kier alpha value is -2.03. The van der Waals surface area contributed by atoms with Gasteiger partial charge in [0.05, 0.1) is 5.56 Å². The number of rotatable bonds is 7. The van der Waals surface area contributed by atoms with Gasteiger partial charge in [0.1, 0.15) is 0 Å². The molecule has 1 aliphatic rings. The summed E-state index contributed by atoms with van der Waals surface area (Å²) in [5.41, 5.74) is 12.6. The molecule has 158 valence electrons. The van der Waals surface area contributed by atoms with Crippen LogP contribution in [0.1, 0.15) is 104 Å². The number of carbonyl (C=O) groups is 1. The van der Waals surface area contributed by atoms with Gasteiger partial charge in [-0.3, -0.25) is 4.79 Å². The summed E-state index contributed by atoms with van der Waals surface area (Å²) in [6, 6.07) is 9.07. The molecule has 1 saturated carbocycles. The van der Waals surface area contributed by atoms with Crippen LogP contribution in [-0.2, 0) is 6.42 Å². The van der Waals surface area contributed by atoms with Crippen molar-refractivity contribution in [1.82, 2.24) is 4.57 Å². The Morgan fingerprint density at radius 1 is 1.00 bits per heavy atom. The van der Waals surface area contributed by atoms with Crippen molar-refractivity contribution in [1.29, 1.82) is 0 Å². The van der Waals surface area contributed by atoms with E-state index in [1.807, 2.05) is 0 Å². The lowest BCUT2D eigenvalue weighted by Crippen LogP contribution is -2.17. The van der Waals surface area contributed by atoms with Gasteiger partial charge < -0.3 is 10.3 Å². The molecule has 0 saturated heterocycles. The summed E-state index contributed by atoms with van der Waals surface area (Å²) in [7, 11) is 0. The molecule has 0 spiro atoms. The number of primary amides is 1. The van der Waals surface area contributed by atoms with Gasteiger partial charge in [-0.25, -0.2) is 0 Å². The van der Waals surface area contributed by atoms with Gasteiger partial charge in [0.2, 0.25) is 0 Å². The monoisotopic (exact) mass is 394 g/mol. The van der Waals surface area contributed by atoms with Crippen LogP contribution >= 0.6 is 0 Å². The quantitative estimate of drug-likeness (QED) is 0.511. The first-order valence-electron chi connectivity index (χ1n) is 11.6. The Bertz CT molecular complexity index is 808. The minimum atomic E-state index is -0.292. The van der Waals surface area contributed by atoms with Gasteiger partial charge in [0, 0.05) is 23.0 Å². The summed E-state index contributed by atoms with van der Waals surface area (Å²) in [5.74, 6) is -0.292. The molecule has 3 heteroatoms. The SMILES string of the molecule is CCCCCc1c(-c2ccc(C)cc2)c(C(N)=O)c(C)n1C1CCCCCCC1. The van der Waals surface area contributed by atoms with Crippen molar-refractivity contribution >= 4 is 5.91 Å². The van der Waals surface area contributed by atoms with Gasteiger partial charge in [0.15, 0.2) is 0 Å². The number of nitrogens with two attached hydrogens (primary N) is 1. The smallest absolute Gasteiger partial charge is 0.251 e. The normalized spacial score (nSPS) is 15.8. The summed E-state index contributed by atoms with van der Waals surface area (Å²) < 4.78 is 2.52. The van der Waals surface area contributed by atoms with Crippen molar-refractivity contribution in [3.63, 3.8) is 0 Å². The molecule has 2 N–H and O–H groups in total. The molecule has 29 heavy (non-hydrogen) atoms. The maximum Gasteiger partial charge on any atom is 0.251 e. The van der Waals surface area contributed by atoms with Gasteiger partial charge >= 0.3 is 0 Å². The first-order chi connectivity index (χ1) is 14.0. The van der Waals surface area contributed by atoms with Crippen molar-refractivity contribution in [3.05, 3.63) is 46.8 Å². The highest BCUT2D eigenvalue weighted by Crippen LogP contribution is 2.39. The maximum atomic E-state index is 12.6. The molecule has 3 rings (SSSR count). The van der Waals surface area contributed by atoms with Gasteiger partial charge in [-0.1, -0.05) is 81.7 Å². The molecule has 0 unspecified atom stereocenters. The van der Waals surface area contributed by atoms with E-state index in [-0.39, 0.29) is 5.91 Å². The average Bonchev–Trinajstić information content (AvgIpc) is 2.95. The Morgan fingerprint density at radius 3 is 2.21 bits per heavy atom. The molecule has 1 aliphatic carbocycles. The number of nitrogens with zero attached hydrogens (tertiary/aromatic N) is 1. The van der Waals surface area contributed by atoms with Crippen LogP contribution in [0.3, 0.4) is 0 Å². The Labute approximate surface area is 176 Å². The molecule has 3 nitrogen and oxygen atoms in total. The lowest BCUT2D eigenvalue weighted by Gasteiger charge is -2.26. The Morgan fingerprint density at radius 2 is 1.62 bits per heavy atom. The van der Waals surface area contributed by atoms with E-state index in [1.54, 1.807) is 0 Å². The van der Waals surface area contributed by atoms with Crippen LogP contribution in [0, 0.1) is 13.8 Å². The van der Waals surface area contributed by atoms with Crippen LogP contribution in [0.25, 0.3) is 11.1 Å². The fourth-order valence-electron chi connectivity index (χ4n) is 5.08. The molecule has 1 heterocycles. The van der Waals surface area contributed by atoms with E-state index < -0.39 is 0 Å². The molecule has 1 aromatic heterocycles. The summed E-state index contributed by atoms with van der Waals surface area (Å²) in [5, 5.41) is 0. The van der Waals surface area contributed by atoms with Crippen LogP contribution < -0.4 is 5.73 Å². The molecular formula is C26H38N2O. The number of hydrogen-bond donors (Lipinski definition) is 1. The van der Waals surface area contributed by atoms with Crippen molar-refractivity contribution in [3.8, 4) is 11.1 Å². The van der Waals surface area contributed by atoms with Crippen LogP contribution in [0.5, 0.6) is 0 Å². The highest BCUT2D eigenvalue weighted by Gasteiger charge is 2.28. The third kappa shape index (κ3) is 4.94. The van der Waals surface area contributed by atoms with E-state index >= 15 is 0 Å². The summed E-state index contributed by atoms with van der Waals surface area (Å²) in [4.78, 5) is 12.6. The van der Waals surface area contributed by atoms with E-state index in [0.29, 0.717) is 6.04 Å². The molecule has 1 amide bonds. The second-order valence-electron chi connectivity index (χ2n) is 8.84. The molecule has 0 atom stereocenters. The number of hydrogen-bond acceptors (Lipinski definition) is 1. The number of amides is 1. The topological polar surface area (TPSA) is 48.0 Å². The van der Waals surface area contributed by atoms with E-state index in [2.05, 4.69) is 49.6 Å². The van der Waals surface area contributed by atoms with E-state index in [0.717, 1.165) is 35.2 Å². The molecule has 1 fully saturated rings. The van der Waals surface area contributed by atoms with Crippen molar-refractivity contribution in [2.45, 2.75) is 97.4 Å². The highest BCUT2D eigenvalue weighted by molar-refractivity contribution is 6.02. The van der Waals surface area contributed by atoms with Crippen LogP contribution in [0.15, 0.2) is 24.3 Å². The number of carbonyl (C=O) groups excluding carboxylic acids is 1. The maximum absolute atomic E-state index is 12.6. The van der Waals surface area contributed by atoms with Gasteiger partial charge in [-0.15, -0.1) is 0 Å². The van der Waals surface area contributed by atoms with Crippen molar-refractivity contribution in [2.75, 3.05) is 0 Å². The minimum Gasteiger partial charge on any atom is -0.366 e. The molecular weight excluding hydrogens is 356 g/mol. The number of benzene rings is 1. The summed E-state index contributed by atoms with van der Waals surface area (Å²) in [6.45, 7) is 6.46. The zero-order chi connectivity index (χ0) is 20.8.